The number of nitrogens with zero attached hydrogens (tertiary/aromatic N) is 1. The van der Waals surface area contributed by atoms with Crippen LogP contribution in [0.15, 0.2) is 18.2 Å². The van der Waals surface area contributed by atoms with Gasteiger partial charge in [0, 0.05) is 16.0 Å². The highest BCUT2D eigenvalue weighted by molar-refractivity contribution is 5.53. The van der Waals surface area contributed by atoms with Crippen LogP contribution in [0.4, 0.5) is 18.9 Å². The van der Waals surface area contributed by atoms with Crippen molar-refractivity contribution in [3.05, 3.63) is 29.3 Å². The van der Waals surface area contributed by atoms with Crippen LogP contribution in [0.1, 0.15) is 49.0 Å². The molecule has 0 fully saturated rings. The molecular formula is C15H28F3N3. The average molecular weight is 307 g/mol. The molecule has 0 bridgehead atoms. The Morgan fingerprint density at radius 3 is 2.43 bits per heavy atom. The quantitative estimate of drug-likeness (QED) is 0.815. The standard InChI is InChI=1S/C13H16F3N3.C2H6.3H2/c1-2-10(5-6-17)19-11-4-3-9(8-18)12(7-11)13(14,15)16;1-2;;;/h3-4,7,10,19H,2,5-6,17H2,1H3;1-2H3;3*1H. The summed E-state index contributed by atoms with van der Waals surface area (Å²) in [5.74, 6) is 0. The Hall–Kier alpha value is -1.74. The summed E-state index contributed by atoms with van der Waals surface area (Å²) < 4.78 is 38.4. The van der Waals surface area contributed by atoms with E-state index >= 15 is 0 Å². The molecule has 3 N–H and O–H groups in total. The van der Waals surface area contributed by atoms with Crippen LogP contribution in [-0.2, 0) is 6.18 Å². The SMILES string of the molecule is CC.CCC(CCN)Nc1ccc(C#N)c(C(F)(F)F)c1.[HH].[HH].[HH]. The first-order valence-electron chi connectivity index (χ1n) is 7.00. The fraction of sp³-hybridized carbons (Fsp3) is 0.533. The molecule has 0 aromatic heterocycles. The lowest BCUT2D eigenvalue weighted by Crippen LogP contribution is -2.22. The smallest absolute Gasteiger partial charge is 0.382 e. The van der Waals surface area contributed by atoms with Gasteiger partial charge in [0.25, 0.3) is 0 Å². The molecule has 21 heavy (non-hydrogen) atoms. The van der Waals surface area contributed by atoms with Gasteiger partial charge in [0.15, 0.2) is 0 Å². The molecule has 6 heteroatoms. The molecule has 0 radical (unpaired) electrons. The predicted molar refractivity (Wildman–Crippen MR) is 85.2 cm³/mol. The molecule has 1 atom stereocenters. The first-order valence-corrected chi connectivity index (χ1v) is 7.00. The molecule has 1 rings (SSSR count). The van der Waals surface area contributed by atoms with Gasteiger partial charge < -0.3 is 11.1 Å². The lowest BCUT2D eigenvalue weighted by molar-refractivity contribution is -0.137. The van der Waals surface area contributed by atoms with Crippen molar-refractivity contribution >= 4 is 5.69 Å². The molecule has 0 saturated heterocycles. The fourth-order valence-corrected chi connectivity index (χ4v) is 1.78. The number of anilines is 1. The minimum absolute atomic E-state index is 0. The van der Waals surface area contributed by atoms with Crippen molar-refractivity contribution in [3.63, 3.8) is 0 Å². The molecular weight excluding hydrogens is 279 g/mol. The zero-order valence-electron chi connectivity index (χ0n) is 12.6. The molecule has 124 valence electrons. The summed E-state index contributed by atoms with van der Waals surface area (Å²) in [6.07, 6.45) is -3.09. The number of hydrogen-bond acceptors (Lipinski definition) is 3. The molecule has 0 aliphatic rings. The highest BCUT2D eigenvalue weighted by Crippen LogP contribution is 2.33. The van der Waals surface area contributed by atoms with E-state index in [9.17, 15) is 13.2 Å². The first kappa shape index (κ1) is 19.3. The topological polar surface area (TPSA) is 61.8 Å². The van der Waals surface area contributed by atoms with E-state index in [1.54, 1.807) is 6.07 Å². The molecule has 1 aromatic carbocycles. The van der Waals surface area contributed by atoms with Crippen LogP contribution < -0.4 is 11.1 Å². The van der Waals surface area contributed by atoms with Crippen LogP contribution in [-0.4, -0.2) is 12.6 Å². The summed E-state index contributed by atoms with van der Waals surface area (Å²) in [4.78, 5) is 0. The molecule has 0 amide bonds. The van der Waals surface area contributed by atoms with Gasteiger partial charge in [0.2, 0.25) is 0 Å². The zero-order valence-corrected chi connectivity index (χ0v) is 12.6. The molecule has 0 saturated carbocycles. The number of nitriles is 1. The number of nitrogens with two attached hydrogens (primary N) is 1. The molecule has 0 heterocycles. The highest BCUT2D eigenvalue weighted by Gasteiger charge is 2.33. The monoisotopic (exact) mass is 307 g/mol. The first-order chi connectivity index (χ1) is 9.92. The molecule has 0 aliphatic carbocycles. The van der Waals surface area contributed by atoms with Crippen molar-refractivity contribution in [2.45, 2.75) is 45.8 Å². The van der Waals surface area contributed by atoms with Crippen molar-refractivity contribution in [1.82, 2.24) is 0 Å². The van der Waals surface area contributed by atoms with Crippen LogP contribution in [0.2, 0.25) is 0 Å². The Labute approximate surface area is 128 Å². The summed E-state index contributed by atoms with van der Waals surface area (Å²) in [6.45, 7) is 6.40. The summed E-state index contributed by atoms with van der Waals surface area (Å²) in [5, 5.41) is 11.7. The molecule has 3 nitrogen and oxygen atoms in total. The van der Waals surface area contributed by atoms with E-state index in [0.29, 0.717) is 18.7 Å². The Morgan fingerprint density at radius 1 is 1.38 bits per heavy atom. The number of rotatable bonds is 5. The maximum Gasteiger partial charge on any atom is 0.417 e. The molecule has 1 aromatic rings. The van der Waals surface area contributed by atoms with Gasteiger partial charge in [-0.2, -0.15) is 18.4 Å². The number of benzene rings is 1. The summed E-state index contributed by atoms with van der Waals surface area (Å²) in [5.41, 5.74) is 4.51. The van der Waals surface area contributed by atoms with Gasteiger partial charge in [-0.1, -0.05) is 20.8 Å². The molecule has 0 aliphatic heterocycles. The predicted octanol–water partition coefficient (Wildman–Crippen LogP) is 4.88. The maximum absolute atomic E-state index is 12.8. The summed E-state index contributed by atoms with van der Waals surface area (Å²) in [7, 11) is 0. The normalized spacial score (nSPS) is 11.9. The van der Waals surface area contributed by atoms with Crippen LogP contribution >= 0.6 is 0 Å². The van der Waals surface area contributed by atoms with Gasteiger partial charge in [0.05, 0.1) is 17.2 Å². The fourth-order valence-electron chi connectivity index (χ4n) is 1.78. The zero-order chi connectivity index (χ0) is 16.5. The van der Waals surface area contributed by atoms with Gasteiger partial charge >= 0.3 is 6.18 Å². The van der Waals surface area contributed by atoms with Gasteiger partial charge in [-0.25, -0.2) is 0 Å². The average Bonchev–Trinajstić information content (AvgIpc) is 2.48. The number of alkyl halides is 3. The highest BCUT2D eigenvalue weighted by atomic mass is 19.4. The summed E-state index contributed by atoms with van der Waals surface area (Å²) >= 11 is 0. The minimum Gasteiger partial charge on any atom is -0.382 e. The number of nitrogens with one attached hydrogen (secondary N) is 1. The van der Waals surface area contributed by atoms with Gasteiger partial charge in [0.1, 0.15) is 0 Å². The molecule has 0 spiro atoms. The second kappa shape index (κ2) is 9.24. The van der Waals surface area contributed by atoms with Crippen LogP contribution in [0.3, 0.4) is 0 Å². The van der Waals surface area contributed by atoms with Crippen molar-refractivity contribution in [1.29, 1.82) is 5.26 Å². The number of halogens is 3. The van der Waals surface area contributed by atoms with Crippen LogP contribution in [0.5, 0.6) is 0 Å². The summed E-state index contributed by atoms with van der Waals surface area (Å²) in [6, 6.07) is 5.21. The van der Waals surface area contributed by atoms with Crippen molar-refractivity contribution < 1.29 is 17.5 Å². The lowest BCUT2D eigenvalue weighted by atomic mass is 10.1. The third-order valence-corrected chi connectivity index (χ3v) is 2.82. The minimum atomic E-state index is -4.53. The van der Waals surface area contributed by atoms with Crippen LogP contribution in [0.25, 0.3) is 0 Å². The van der Waals surface area contributed by atoms with E-state index in [1.807, 2.05) is 20.8 Å². The Morgan fingerprint density at radius 2 is 2.00 bits per heavy atom. The van der Waals surface area contributed by atoms with Gasteiger partial charge in [-0.15, -0.1) is 0 Å². The second-order valence-electron chi connectivity index (χ2n) is 4.20. The van der Waals surface area contributed by atoms with Gasteiger partial charge in [-0.3, -0.25) is 0 Å². The Balaban J connectivity index is -0.000000385. The third-order valence-electron chi connectivity index (χ3n) is 2.82. The van der Waals surface area contributed by atoms with E-state index in [4.69, 9.17) is 11.0 Å². The second-order valence-corrected chi connectivity index (χ2v) is 4.20. The Kier molecular flexibility index (Phi) is 8.48. The van der Waals surface area contributed by atoms with Crippen molar-refractivity contribution in [2.24, 2.45) is 5.73 Å². The Bertz CT molecular complexity index is 477. The van der Waals surface area contributed by atoms with E-state index in [-0.39, 0.29) is 15.9 Å². The maximum atomic E-state index is 12.8. The van der Waals surface area contributed by atoms with E-state index in [0.717, 1.165) is 12.5 Å². The lowest BCUT2D eigenvalue weighted by Gasteiger charge is -2.19. The van der Waals surface area contributed by atoms with E-state index in [2.05, 4.69) is 5.32 Å². The van der Waals surface area contributed by atoms with Crippen LogP contribution in [0, 0.1) is 11.3 Å². The molecule has 1 unspecified atom stereocenters. The van der Waals surface area contributed by atoms with Crippen molar-refractivity contribution in [3.8, 4) is 6.07 Å². The van der Waals surface area contributed by atoms with E-state index in [1.165, 1.54) is 12.1 Å². The van der Waals surface area contributed by atoms with Crippen molar-refractivity contribution in [2.75, 3.05) is 11.9 Å². The van der Waals surface area contributed by atoms with E-state index < -0.39 is 11.7 Å². The van der Waals surface area contributed by atoms with Gasteiger partial charge in [-0.05, 0) is 37.6 Å². The largest absolute Gasteiger partial charge is 0.417 e. The number of hydrogen-bond donors (Lipinski definition) is 2. The third kappa shape index (κ3) is 6.05.